The van der Waals surface area contributed by atoms with Gasteiger partial charge in [0.05, 0.1) is 10.1 Å². The zero-order valence-corrected chi connectivity index (χ0v) is 13.2. The van der Waals surface area contributed by atoms with Crippen molar-refractivity contribution in [1.29, 1.82) is 0 Å². The quantitative estimate of drug-likeness (QED) is 0.532. The molecular weight excluding hydrogens is 318 g/mol. The molecule has 0 saturated heterocycles. The van der Waals surface area contributed by atoms with Gasteiger partial charge in [-0.2, -0.15) is 0 Å². The monoisotopic (exact) mass is 329 g/mol. The predicted octanol–water partition coefficient (Wildman–Crippen LogP) is 3.69. The molecule has 1 atom stereocenters. The first-order valence-electron chi connectivity index (χ1n) is 6.65. The lowest BCUT2D eigenvalue weighted by molar-refractivity contribution is 0.510. The number of rotatable bonds is 4. The number of thioether (sulfide) groups is 1. The molecular formula is C14H11N5OS2. The topological polar surface area (TPSA) is 69.1 Å². The van der Waals surface area contributed by atoms with E-state index in [1.165, 1.54) is 11.8 Å². The first-order chi connectivity index (χ1) is 10.8. The van der Waals surface area contributed by atoms with Crippen molar-refractivity contribution in [1.82, 2.24) is 24.8 Å². The highest BCUT2D eigenvalue weighted by Gasteiger charge is 2.19. The SMILES string of the molecule is C[C@@H](Sc1nnc2ccccn12)c1nnc(-c2cccs2)o1. The molecule has 4 rings (SSSR count). The molecule has 0 unspecified atom stereocenters. The average molecular weight is 329 g/mol. The van der Waals surface area contributed by atoms with Crippen molar-refractivity contribution in [2.45, 2.75) is 17.3 Å². The molecule has 110 valence electrons. The maximum Gasteiger partial charge on any atom is 0.257 e. The van der Waals surface area contributed by atoms with Gasteiger partial charge in [0, 0.05) is 6.20 Å². The van der Waals surface area contributed by atoms with E-state index >= 15 is 0 Å². The largest absolute Gasteiger partial charge is 0.419 e. The first-order valence-corrected chi connectivity index (χ1v) is 8.41. The first kappa shape index (κ1) is 13.5. The third kappa shape index (κ3) is 2.40. The highest BCUT2D eigenvalue weighted by atomic mass is 32.2. The Morgan fingerprint density at radius 2 is 2.09 bits per heavy atom. The molecule has 0 N–H and O–H groups in total. The summed E-state index contributed by atoms with van der Waals surface area (Å²) in [5.41, 5.74) is 0.821. The van der Waals surface area contributed by atoms with E-state index in [2.05, 4.69) is 20.4 Å². The number of thiophene rings is 1. The normalized spacial score (nSPS) is 12.8. The molecule has 8 heteroatoms. The summed E-state index contributed by atoms with van der Waals surface area (Å²) in [6, 6.07) is 9.74. The lowest BCUT2D eigenvalue weighted by Crippen LogP contribution is -1.92. The van der Waals surface area contributed by atoms with Crippen LogP contribution in [0.4, 0.5) is 0 Å². The van der Waals surface area contributed by atoms with Gasteiger partial charge in [0.15, 0.2) is 10.8 Å². The Hall–Kier alpha value is -2.19. The van der Waals surface area contributed by atoms with Crippen LogP contribution in [0, 0.1) is 0 Å². The molecule has 0 fully saturated rings. The molecule has 0 aliphatic carbocycles. The Bertz CT molecular complexity index is 899. The molecule has 0 spiro atoms. The van der Waals surface area contributed by atoms with E-state index < -0.39 is 0 Å². The molecule has 22 heavy (non-hydrogen) atoms. The van der Waals surface area contributed by atoms with Crippen LogP contribution < -0.4 is 0 Å². The molecule has 0 saturated carbocycles. The Kier molecular flexibility index (Phi) is 3.39. The summed E-state index contributed by atoms with van der Waals surface area (Å²) in [5.74, 6) is 1.14. The van der Waals surface area contributed by atoms with Gasteiger partial charge in [-0.15, -0.1) is 31.7 Å². The van der Waals surface area contributed by atoms with Crippen LogP contribution in [0.2, 0.25) is 0 Å². The van der Waals surface area contributed by atoms with Gasteiger partial charge in [-0.3, -0.25) is 4.40 Å². The Balaban J connectivity index is 1.58. The smallest absolute Gasteiger partial charge is 0.257 e. The second kappa shape index (κ2) is 5.54. The summed E-state index contributed by atoms with van der Waals surface area (Å²) in [6.45, 7) is 2.01. The van der Waals surface area contributed by atoms with E-state index in [1.807, 2.05) is 53.2 Å². The minimum absolute atomic E-state index is 0.00572. The maximum atomic E-state index is 5.76. The van der Waals surface area contributed by atoms with Gasteiger partial charge in [0.2, 0.25) is 5.89 Å². The molecule has 0 bridgehead atoms. The van der Waals surface area contributed by atoms with Crippen molar-refractivity contribution in [2.24, 2.45) is 0 Å². The molecule has 0 aliphatic heterocycles. The summed E-state index contributed by atoms with van der Waals surface area (Å²) >= 11 is 3.12. The number of pyridine rings is 1. The summed E-state index contributed by atoms with van der Waals surface area (Å²) < 4.78 is 7.70. The van der Waals surface area contributed by atoms with E-state index in [0.29, 0.717) is 11.8 Å². The second-order valence-electron chi connectivity index (χ2n) is 4.59. The highest BCUT2D eigenvalue weighted by molar-refractivity contribution is 7.99. The van der Waals surface area contributed by atoms with Crippen LogP contribution in [0.25, 0.3) is 16.4 Å². The molecule has 0 radical (unpaired) electrons. The van der Waals surface area contributed by atoms with Gasteiger partial charge in [-0.05, 0) is 30.5 Å². The van der Waals surface area contributed by atoms with E-state index in [1.54, 1.807) is 11.3 Å². The van der Waals surface area contributed by atoms with E-state index in [9.17, 15) is 0 Å². The van der Waals surface area contributed by atoms with Crippen LogP contribution in [0.1, 0.15) is 18.1 Å². The third-order valence-electron chi connectivity index (χ3n) is 3.08. The number of hydrogen-bond acceptors (Lipinski definition) is 7. The van der Waals surface area contributed by atoms with Crippen LogP contribution in [0.3, 0.4) is 0 Å². The van der Waals surface area contributed by atoms with Crippen molar-refractivity contribution >= 4 is 28.7 Å². The molecule has 0 amide bonds. The minimum atomic E-state index is -0.00572. The molecule has 6 nitrogen and oxygen atoms in total. The summed E-state index contributed by atoms with van der Waals surface area (Å²) in [5, 5.41) is 19.4. The minimum Gasteiger partial charge on any atom is -0.419 e. The van der Waals surface area contributed by atoms with E-state index in [4.69, 9.17) is 4.42 Å². The summed E-state index contributed by atoms with van der Waals surface area (Å²) in [4.78, 5) is 0.976. The zero-order valence-electron chi connectivity index (χ0n) is 11.6. The summed E-state index contributed by atoms with van der Waals surface area (Å²) in [6.07, 6.45) is 1.94. The third-order valence-corrected chi connectivity index (χ3v) is 4.99. The van der Waals surface area contributed by atoms with Gasteiger partial charge in [0.1, 0.15) is 0 Å². The summed E-state index contributed by atoms with van der Waals surface area (Å²) in [7, 11) is 0. The van der Waals surface area contributed by atoms with Crippen molar-refractivity contribution in [3.8, 4) is 10.8 Å². The molecule has 0 aliphatic rings. The fourth-order valence-corrected chi connectivity index (χ4v) is 3.52. The highest BCUT2D eigenvalue weighted by Crippen LogP contribution is 2.34. The van der Waals surface area contributed by atoms with Crippen LogP contribution in [0.5, 0.6) is 0 Å². The Labute approximate surface area is 134 Å². The Morgan fingerprint density at radius 1 is 1.14 bits per heavy atom. The maximum absolute atomic E-state index is 5.76. The Morgan fingerprint density at radius 3 is 2.95 bits per heavy atom. The number of hydrogen-bond donors (Lipinski definition) is 0. The number of aromatic nitrogens is 5. The van der Waals surface area contributed by atoms with Crippen LogP contribution in [-0.2, 0) is 0 Å². The van der Waals surface area contributed by atoms with Crippen molar-refractivity contribution < 1.29 is 4.42 Å². The van der Waals surface area contributed by atoms with Gasteiger partial charge in [0.25, 0.3) is 5.89 Å². The predicted molar refractivity (Wildman–Crippen MR) is 84.9 cm³/mol. The van der Waals surface area contributed by atoms with Crippen molar-refractivity contribution in [3.05, 3.63) is 47.8 Å². The number of nitrogens with zero attached hydrogens (tertiary/aromatic N) is 5. The van der Waals surface area contributed by atoms with Crippen LogP contribution in [0.15, 0.2) is 51.5 Å². The van der Waals surface area contributed by atoms with E-state index in [-0.39, 0.29) is 5.25 Å². The zero-order chi connectivity index (χ0) is 14.9. The number of fused-ring (bicyclic) bond motifs is 1. The van der Waals surface area contributed by atoms with Crippen LogP contribution >= 0.6 is 23.1 Å². The molecule has 4 aromatic heterocycles. The standard InChI is InChI=1S/C14H11N5OS2/c1-9(12-16-17-13(20-12)10-5-4-8-21-10)22-14-18-15-11-6-2-3-7-19(11)14/h2-9H,1H3/t9-/m1/s1. The fourth-order valence-electron chi connectivity index (χ4n) is 2.01. The van der Waals surface area contributed by atoms with Gasteiger partial charge >= 0.3 is 0 Å². The second-order valence-corrected chi connectivity index (χ2v) is 6.85. The molecule has 0 aromatic carbocycles. The van der Waals surface area contributed by atoms with E-state index in [0.717, 1.165) is 15.7 Å². The average Bonchev–Trinajstić information content (AvgIpc) is 3.28. The lowest BCUT2D eigenvalue weighted by Gasteiger charge is -2.04. The van der Waals surface area contributed by atoms with Crippen LogP contribution in [-0.4, -0.2) is 24.8 Å². The van der Waals surface area contributed by atoms with Gasteiger partial charge in [-0.25, -0.2) is 0 Å². The fraction of sp³-hybridized carbons (Fsp3) is 0.143. The molecule has 4 heterocycles. The lowest BCUT2D eigenvalue weighted by atomic mass is 10.5. The molecule has 4 aromatic rings. The van der Waals surface area contributed by atoms with Gasteiger partial charge in [-0.1, -0.05) is 23.9 Å². The van der Waals surface area contributed by atoms with Gasteiger partial charge < -0.3 is 4.42 Å². The van der Waals surface area contributed by atoms with Crippen molar-refractivity contribution in [3.63, 3.8) is 0 Å². The van der Waals surface area contributed by atoms with Crippen molar-refractivity contribution in [2.75, 3.05) is 0 Å².